The van der Waals surface area contributed by atoms with E-state index in [1.165, 1.54) is 17.0 Å². The minimum absolute atomic E-state index is 0.0155. The average molecular weight is 458 g/mol. The third kappa shape index (κ3) is 5.16. The molecule has 3 rings (SSSR count). The number of carbonyl (C=O) groups excluding carboxylic acids is 3. The number of rotatable bonds is 6. The van der Waals surface area contributed by atoms with Gasteiger partial charge in [0.05, 0.1) is 4.90 Å². The fourth-order valence-electron chi connectivity index (χ4n) is 3.49. The molecule has 0 unspecified atom stereocenters. The van der Waals surface area contributed by atoms with Crippen molar-refractivity contribution < 1.29 is 22.8 Å². The molecule has 3 amide bonds. The third-order valence-electron chi connectivity index (χ3n) is 5.43. The molecule has 1 N–H and O–H groups in total. The minimum Gasteiger partial charge on any atom is -0.339 e. The Kier molecular flexibility index (Phi) is 7.29. The molecule has 2 aromatic carbocycles. The van der Waals surface area contributed by atoms with Gasteiger partial charge in [0.2, 0.25) is 21.1 Å². The molecule has 0 radical (unpaired) electrons. The van der Waals surface area contributed by atoms with Crippen molar-refractivity contribution in [2.75, 3.05) is 26.2 Å². The predicted molar refractivity (Wildman–Crippen MR) is 120 cm³/mol. The standard InChI is InChI=1S/C23H27N3O5S/c1-3-20(27)25-13-15-26(16-14-25)23(29)22(24-21(28)18-7-5-4-6-8-18)32(30,31)19-11-9-17(2)10-12-19/h4-12,22H,3,13-16H2,1-2H3,(H,24,28)/t22-/m1/s1. The zero-order valence-electron chi connectivity index (χ0n) is 18.2. The number of benzene rings is 2. The van der Waals surface area contributed by atoms with Crippen molar-refractivity contribution in [3.8, 4) is 0 Å². The summed E-state index contributed by atoms with van der Waals surface area (Å²) in [5.41, 5.74) is 1.12. The van der Waals surface area contributed by atoms with E-state index in [2.05, 4.69) is 5.32 Å². The van der Waals surface area contributed by atoms with E-state index in [4.69, 9.17) is 0 Å². The van der Waals surface area contributed by atoms with Crippen molar-refractivity contribution in [2.45, 2.75) is 30.5 Å². The van der Waals surface area contributed by atoms with Crippen LogP contribution in [0.15, 0.2) is 59.5 Å². The molecule has 0 bridgehead atoms. The Labute approximate surface area is 188 Å². The molecule has 170 valence electrons. The number of sulfone groups is 1. The van der Waals surface area contributed by atoms with Gasteiger partial charge < -0.3 is 15.1 Å². The number of carbonyl (C=O) groups is 3. The monoisotopic (exact) mass is 457 g/mol. The summed E-state index contributed by atoms with van der Waals surface area (Å²) in [4.78, 5) is 41.0. The molecule has 8 nitrogen and oxygen atoms in total. The SMILES string of the molecule is CCC(=O)N1CCN(C(=O)[C@H](NC(=O)c2ccccc2)S(=O)(=O)c2ccc(C)cc2)CC1. The van der Waals surface area contributed by atoms with E-state index in [1.54, 1.807) is 54.3 Å². The van der Waals surface area contributed by atoms with Gasteiger partial charge in [0.15, 0.2) is 0 Å². The van der Waals surface area contributed by atoms with Crippen LogP contribution in [0.3, 0.4) is 0 Å². The molecule has 1 heterocycles. The lowest BCUT2D eigenvalue weighted by atomic mass is 10.2. The molecule has 1 aliphatic heterocycles. The van der Waals surface area contributed by atoms with Crippen LogP contribution in [-0.2, 0) is 19.4 Å². The fourth-order valence-corrected chi connectivity index (χ4v) is 4.96. The van der Waals surface area contributed by atoms with Gasteiger partial charge in [0.25, 0.3) is 11.8 Å². The van der Waals surface area contributed by atoms with Gasteiger partial charge in [-0.25, -0.2) is 8.42 Å². The number of amides is 3. The molecule has 1 fully saturated rings. The second kappa shape index (κ2) is 9.95. The van der Waals surface area contributed by atoms with E-state index < -0.39 is 27.0 Å². The number of nitrogens with zero attached hydrogens (tertiary/aromatic N) is 2. The predicted octanol–water partition coefficient (Wildman–Crippen LogP) is 1.61. The number of hydrogen-bond acceptors (Lipinski definition) is 5. The Morgan fingerprint density at radius 3 is 2.03 bits per heavy atom. The van der Waals surface area contributed by atoms with Crippen LogP contribution < -0.4 is 5.32 Å². The highest BCUT2D eigenvalue weighted by Crippen LogP contribution is 2.19. The molecule has 9 heteroatoms. The number of piperazine rings is 1. The van der Waals surface area contributed by atoms with Crippen molar-refractivity contribution in [1.29, 1.82) is 0 Å². The lowest BCUT2D eigenvalue weighted by molar-refractivity contribution is -0.139. The maximum atomic E-state index is 13.4. The first-order valence-corrected chi connectivity index (χ1v) is 12.0. The second-order valence-electron chi connectivity index (χ2n) is 7.64. The lowest BCUT2D eigenvalue weighted by Crippen LogP contribution is -2.57. The van der Waals surface area contributed by atoms with Gasteiger partial charge in [0.1, 0.15) is 0 Å². The topological polar surface area (TPSA) is 104 Å². The van der Waals surface area contributed by atoms with Crippen molar-refractivity contribution in [3.05, 3.63) is 65.7 Å². The quantitative estimate of drug-likeness (QED) is 0.710. The Balaban J connectivity index is 1.88. The van der Waals surface area contributed by atoms with Gasteiger partial charge in [-0.3, -0.25) is 14.4 Å². The van der Waals surface area contributed by atoms with E-state index >= 15 is 0 Å². The van der Waals surface area contributed by atoms with E-state index in [0.29, 0.717) is 19.5 Å². The summed E-state index contributed by atoms with van der Waals surface area (Å²) < 4.78 is 26.8. The molecule has 0 aromatic heterocycles. The maximum absolute atomic E-state index is 13.4. The lowest BCUT2D eigenvalue weighted by Gasteiger charge is -2.36. The molecule has 1 atom stereocenters. The first kappa shape index (κ1) is 23.5. The highest BCUT2D eigenvalue weighted by atomic mass is 32.2. The van der Waals surface area contributed by atoms with Gasteiger partial charge in [-0.15, -0.1) is 0 Å². The fraction of sp³-hybridized carbons (Fsp3) is 0.348. The van der Waals surface area contributed by atoms with Crippen LogP contribution in [0.4, 0.5) is 0 Å². The molecule has 0 saturated carbocycles. The van der Waals surface area contributed by atoms with E-state index in [0.717, 1.165) is 5.56 Å². The van der Waals surface area contributed by atoms with E-state index in [-0.39, 0.29) is 29.5 Å². The first-order valence-electron chi connectivity index (χ1n) is 10.5. The molecular weight excluding hydrogens is 430 g/mol. The van der Waals surface area contributed by atoms with Crippen LogP contribution in [-0.4, -0.2) is 67.5 Å². The third-order valence-corrected chi connectivity index (χ3v) is 7.30. The molecule has 0 aliphatic carbocycles. The Bertz CT molecular complexity index is 1080. The van der Waals surface area contributed by atoms with Crippen LogP contribution >= 0.6 is 0 Å². The van der Waals surface area contributed by atoms with Crippen LogP contribution in [0, 0.1) is 6.92 Å². The van der Waals surface area contributed by atoms with Crippen LogP contribution in [0.5, 0.6) is 0 Å². The normalized spacial score (nSPS) is 15.2. The Morgan fingerprint density at radius 1 is 0.906 bits per heavy atom. The summed E-state index contributed by atoms with van der Waals surface area (Å²) >= 11 is 0. The number of hydrogen-bond donors (Lipinski definition) is 1. The smallest absolute Gasteiger partial charge is 0.261 e. The average Bonchev–Trinajstić information content (AvgIpc) is 2.82. The van der Waals surface area contributed by atoms with E-state index in [9.17, 15) is 22.8 Å². The van der Waals surface area contributed by atoms with Crippen molar-refractivity contribution in [3.63, 3.8) is 0 Å². The van der Waals surface area contributed by atoms with E-state index in [1.807, 2.05) is 6.92 Å². The maximum Gasteiger partial charge on any atom is 0.261 e. The molecule has 2 aromatic rings. The summed E-state index contributed by atoms with van der Waals surface area (Å²) in [6, 6.07) is 14.3. The van der Waals surface area contributed by atoms with Crippen molar-refractivity contribution in [1.82, 2.24) is 15.1 Å². The molecule has 1 aliphatic rings. The summed E-state index contributed by atoms with van der Waals surface area (Å²) in [6.07, 6.45) is 0.367. The Morgan fingerprint density at radius 2 is 1.47 bits per heavy atom. The molecule has 0 spiro atoms. The Hall–Kier alpha value is -3.20. The van der Waals surface area contributed by atoms with Gasteiger partial charge in [0, 0.05) is 38.2 Å². The summed E-state index contributed by atoms with van der Waals surface area (Å²) in [6.45, 7) is 4.64. The van der Waals surface area contributed by atoms with Crippen molar-refractivity contribution in [2.24, 2.45) is 0 Å². The first-order chi connectivity index (χ1) is 15.2. The summed E-state index contributed by atoms with van der Waals surface area (Å²) in [5, 5.41) is 0.658. The van der Waals surface area contributed by atoms with Gasteiger partial charge in [-0.2, -0.15) is 0 Å². The highest BCUT2D eigenvalue weighted by Gasteiger charge is 2.39. The van der Waals surface area contributed by atoms with Crippen LogP contribution in [0.1, 0.15) is 29.3 Å². The van der Waals surface area contributed by atoms with Crippen molar-refractivity contribution >= 4 is 27.6 Å². The van der Waals surface area contributed by atoms with Gasteiger partial charge in [-0.05, 0) is 31.2 Å². The minimum atomic E-state index is -4.21. The summed E-state index contributed by atoms with van der Waals surface area (Å²) in [7, 11) is -4.21. The molecule has 32 heavy (non-hydrogen) atoms. The zero-order chi connectivity index (χ0) is 23.3. The van der Waals surface area contributed by atoms with Crippen LogP contribution in [0.25, 0.3) is 0 Å². The largest absolute Gasteiger partial charge is 0.339 e. The zero-order valence-corrected chi connectivity index (χ0v) is 19.0. The van der Waals surface area contributed by atoms with Gasteiger partial charge in [-0.1, -0.05) is 42.8 Å². The van der Waals surface area contributed by atoms with Gasteiger partial charge >= 0.3 is 0 Å². The second-order valence-corrected chi connectivity index (χ2v) is 9.67. The molecular formula is C23H27N3O5S. The van der Waals surface area contributed by atoms with Crippen LogP contribution in [0.2, 0.25) is 0 Å². The highest BCUT2D eigenvalue weighted by molar-refractivity contribution is 7.92. The summed E-state index contributed by atoms with van der Waals surface area (Å²) in [5.74, 6) is -1.38. The number of nitrogens with one attached hydrogen (secondary N) is 1. The molecule has 1 saturated heterocycles. The number of aryl methyl sites for hydroxylation is 1.